The first kappa shape index (κ1) is 29.2. The molecule has 0 bridgehead atoms. The van der Waals surface area contributed by atoms with Gasteiger partial charge in [0.25, 0.3) is 0 Å². The molecule has 12 heteroatoms. The van der Waals surface area contributed by atoms with Crippen LogP contribution in [0.25, 0.3) is 0 Å². The largest absolute Gasteiger partial charge is 0.352 e. The quantitative estimate of drug-likeness (QED) is 0.444. The molecule has 2 amide bonds. The summed E-state index contributed by atoms with van der Waals surface area (Å²) in [5.41, 5.74) is 0.405. The van der Waals surface area contributed by atoms with Gasteiger partial charge in [-0.05, 0) is 50.6 Å². The van der Waals surface area contributed by atoms with E-state index >= 15 is 0 Å². The van der Waals surface area contributed by atoms with E-state index in [0.717, 1.165) is 22.7 Å². The van der Waals surface area contributed by atoms with Gasteiger partial charge in [-0.3, -0.25) is 13.9 Å². The Morgan fingerprint density at radius 3 is 2.17 bits per heavy atom. The van der Waals surface area contributed by atoms with Gasteiger partial charge in [0.15, 0.2) is 0 Å². The fraction of sp³-hybridized carbons (Fsp3) is 0.391. The average Bonchev–Trinajstić information content (AvgIpc) is 2.77. The van der Waals surface area contributed by atoms with Crippen LogP contribution >= 0.6 is 34.8 Å². The first-order valence-corrected chi connectivity index (χ1v) is 13.7. The minimum Gasteiger partial charge on any atom is -0.352 e. The van der Waals surface area contributed by atoms with E-state index in [-0.39, 0.29) is 33.3 Å². The number of carbonyl (C=O) groups is 2. The zero-order valence-corrected chi connectivity index (χ0v) is 22.8. The number of benzene rings is 2. The van der Waals surface area contributed by atoms with Crippen LogP contribution in [0.2, 0.25) is 15.1 Å². The molecule has 0 spiro atoms. The van der Waals surface area contributed by atoms with Crippen LogP contribution in [0.3, 0.4) is 0 Å². The second-order valence-corrected chi connectivity index (χ2v) is 11.2. The van der Waals surface area contributed by atoms with Gasteiger partial charge in [-0.2, -0.15) is 0 Å². The number of hydrogen-bond donors (Lipinski definition) is 1. The Bertz CT molecular complexity index is 1180. The molecule has 0 aliphatic heterocycles. The van der Waals surface area contributed by atoms with E-state index in [2.05, 4.69) is 5.32 Å². The molecule has 2 aromatic carbocycles. The third kappa shape index (κ3) is 7.70. The number of rotatable bonds is 10. The van der Waals surface area contributed by atoms with E-state index in [9.17, 15) is 22.4 Å². The fourth-order valence-corrected chi connectivity index (χ4v) is 4.69. The van der Waals surface area contributed by atoms with Gasteiger partial charge in [0.2, 0.25) is 21.8 Å². The predicted molar refractivity (Wildman–Crippen MR) is 138 cm³/mol. The topological polar surface area (TPSA) is 86.8 Å². The van der Waals surface area contributed by atoms with Crippen LogP contribution in [0.1, 0.15) is 32.8 Å². The number of sulfonamides is 1. The summed E-state index contributed by atoms with van der Waals surface area (Å²) in [6.45, 7) is 4.45. The summed E-state index contributed by atoms with van der Waals surface area (Å²) in [5, 5.41) is 3.09. The zero-order valence-electron chi connectivity index (χ0n) is 19.7. The number of nitrogens with one attached hydrogen (secondary N) is 1. The molecule has 0 saturated carbocycles. The van der Waals surface area contributed by atoms with Gasteiger partial charge < -0.3 is 10.2 Å². The third-order valence-electron chi connectivity index (χ3n) is 5.43. The molecule has 1 N–H and O–H groups in total. The van der Waals surface area contributed by atoms with Gasteiger partial charge in [0.1, 0.15) is 18.4 Å². The Balaban J connectivity index is 2.47. The number of anilines is 1. The highest BCUT2D eigenvalue weighted by atomic mass is 35.5. The van der Waals surface area contributed by atoms with Crippen molar-refractivity contribution in [3.05, 3.63) is 62.8 Å². The molecule has 0 aromatic heterocycles. The molecule has 0 heterocycles. The molecular weight excluding hydrogens is 540 g/mol. The maximum Gasteiger partial charge on any atom is 0.244 e. The second-order valence-electron chi connectivity index (χ2n) is 8.08. The van der Waals surface area contributed by atoms with E-state index in [4.69, 9.17) is 34.8 Å². The van der Waals surface area contributed by atoms with Gasteiger partial charge in [-0.15, -0.1) is 0 Å². The number of nitrogens with zero attached hydrogens (tertiary/aromatic N) is 2. The van der Waals surface area contributed by atoms with Gasteiger partial charge in [0, 0.05) is 28.2 Å². The van der Waals surface area contributed by atoms with E-state index in [0.29, 0.717) is 12.0 Å². The zero-order chi connectivity index (χ0) is 26.5. The molecule has 0 aliphatic carbocycles. The molecule has 0 radical (unpaired) electrons. The number of amides is 2. The SMILES string of the molecule is CC[C@H](C)NC(=O)[C@H](C)N(Cc1c(Cl)cccc1Cl)C(=O)CN(c1ccc(F)c(Cl)c1)S(C)(=O)=O. The Labute approximate surface area is 220 Å². The molecule has 7 nitrogen and oxygen atoms in total. The molecule has 0 unspecified atom stereocenters. The highest BCUT2D eigenvalue weighted by molar-refractivity contribution is 7.92. The maximum atomic E-state index is 13.7. The molecule has 192 valence electrons. The minimum atomic E-state index is -3.98. The summed E-state index contributed by atoms with van der Waals surface area (Å²) >= 11 is 18.4. The first-order valence-electron chi connectivity index (χ1n) is 10.7. The summed E-state index contributed by atoms with van der Waals surface area (Å²) in [5.74, 6) is -1.86. The van der Waals surface area contributed by atoms with Crippen LogP contribution in [0.4, 0.5) is 10.1 Å². The monoisotopic (exact) mass is 565 g/mol. The van der Waals surface area contributed by atoms with Crippen LogP contribution in [-0.2, 0) is 26.2 Å². The van der Waals surface area contributed by atoms with Gasteiger partial charge in [-0.1, -0.05) is 47.8 Å². The summed E-state index contributed by atoms with van der Waals surface area (Å²) in [6.07, 6.45) is 1.59. The van der Waals surface area contributed by atoms with Crippen molar-refractivity contribution < 1.29 is 22.4 Å². The molecule has 2 rings (SSSR count). The van der Waals surface area contributed by atoms with Crippen molar-refractivity contribution in [2.24, 2.45) is 0 Å². The van der Waals surface area contributed by atoms with E-state index in [1.165, 1.54) is 17.9 Å². The minimum absolute atomic E-state index is 0.000291. The molecule has 0 aliphatic rings. The van der Waals surface area contributed by atoms with Crippen molar-refractivity contribution in [2.45, 2.75) is 45.8 Å². The average molecular weight is 567 g/mol. The molecule has 0 saturated heterocycles. The fourth-order valence-electron chi connectivity index (χ4n) is 3.16. The Kier molecular flexibility index (Phi) is 10.2. The van der Waals surface area contributed by atoms with Crippen LogP contribution in [0.15, 0.2) is 36.4 Å². The summed E-state index contributed by atoms with van der Waals surface area (Å²) in [7, 11) is -3.98. The number of carbonyl (C=O) groups excluding carboxylic acids is 2. The molecular formula is C23H27Cl3FN3O4S. The summed E-state index contributed by atoms with van der Waals surface area (Å²) in [4.78, 5) is 27.6. The van der Waals surface area contributed by atoms with Crippen LogP contribution in [-0.4, -0.2) is 50.0 Å². The Hall–Kier alpha value is -2.07. The van der Waals surface area contributed by atoms with Gasteiger partial charge in [0.05, 0.1) is 17.0 Å². The van der Waals surface area contributed by atoms with Crippen molar-refractivity contribution in [3.63, 3.8) is 0 Å². The maximum absolute atomic E-state index is 13.7. The van der Waals surface area contributed by atoms with E-state index < -0.39 is 40.2 Å². The van der Waals surface area contributed by atoms with Crippen LogP contribution in [0.5, 0.6) is 0 Å². The van der Waals surface area contributed by atoms with Crippen molar-refractivity contribution in [3.8, 4) is 0 Å². The van der Waals surface area contributed by atoms with Crippen molar-refractivity contribution in [1.29, 1.82) is 0 Å². The molecule has 2 atom stereocenters. The second kappa shape index (κ2) is 12.3. The summed E-state index contributed by atoms with van der Waals surface area (Å²) in [6, 6.07) is 7.02. The number of halogens is 4. The van der Waals surface area contributed by atoms with E-state index in [1.54, 1.807) is 18.2 Å². The Morgan fingerprint density at radius 2 is 1.66 bits per heavy atom. The number of hydrogen-bond acceptors (Lipinski definition) is 4. The highest BCUT2D eigenvalue weighted by Gasteiger charge is 2.31. The van der Waals surface area contributed by atoms with Crippen LogP contribution in [0, 0.1) is 5.82 Å². The van der Waals surface area contributed by atoms with Crippen molar-refractivity contribution in [1.82, 2.24) is 10.2 Å². The van der Waals surface area contributed by atoms with Gasteiger partial charge >= 0.3 is 0 Å². The molecule has 35 heavy (non-hydrogen) atoms. The van der Waals surface area contributed by atoms with Crippen LogP contribution < -0.4 is 9.62 Å². The lowest BCUT2D eigenvalue weighted by Crippen LogP contribution is -2.52. The first-order chi connectivity index (χ1) is 16.3. The van der Waals surface area contributed by atoms with Crippen molar-refractivity contribution in [2.75, 3.05) is 17.1 Å². The smallest absolute Gasteiger partial charge is 0.244 e. The third-order valence-corrected chi connectivity index (χ3v) is 7.57. The lowest BCUT2D eigenvalue weighted by Gasteiger charge is -2.32. The van der Waals surface area contributed by atoms with E-state index in [1.807, 2.05) is 13.8 Å². The molecule has 0 fully saturated rings. The predicted octanol–water partition coefficient (Wildman–Crippen LogP) is 4.88. The molecule has 2 aromatic rings. The lowest BCUT2D eigenvalue weighted by molar-refractivity contribution is -0.139. The normalized spacial score (nSPS) is 13.1. The lowest BCUT2D eigenvalue weighted by atomic mass is 10.1. The summed E-state index contributed by atoms with van der Waals surface area (Å²) < 4.78 is 39.5. The highest BCUT2D eigenvalue weighted by Crippen LogP contribution is 2.28. The van der Waals surface area contributed by atoms with Crippen molar-refractivity contribution >= 4 is 62.3 Å². The van der Waals surface area contributed by atoms with Gasteiger partial charge in [-0.25, -0.2) is 12.8 Å². The standard InChI is InChI=1S/C23H27Cl3FN3O4S/c1-5-14(2)28-23(32)15(3)29(12-17-18(24)7-6-8-19(17)25)22(31)13-30(35(4,33)34)16-9-10-21(27)20(26)11-16/h6-11,14-15H,5,12-13H2,1-4H3,(H,28,32)/t14-,15-/m0/s1. The Morgan fingerprint density at radius 1 is 1.06 bits per heavy atom.